The Bertz CT molecular complexity index is 166. The van der Waals surface area contributed by atoms with Crippen LogP contribution in [-0.4, -0.2) is 46.7 Å². The van der Waals surface area contributed by atoms with Crippen LogP contribution in [0.2, 0.25) is 0 Å². The zero-order chi connectivity index (χ0) is 11.1. The van der Waals surface area contributed by atoms with Crippen molar-refractivity contribution in [2.45, 2.75) is 50.9 Å². The van der Waals surface area contributed by atoms with Gasteiger partial charge < -0.3 is 5.11 Å². The van der Waals surface area contributed by atoms with Crippen LogP contribution in [0.3, 0.4) is 0 Å². The molecule has 0 aliphatic carbocycles. The van der Waals surface area contributed by atoms with Gasteiger partial charge in [-0.15, -0.1) is 0 Å². The lowest BCUT2D eigenvalue weighted by Gasteiger charge is -2.25. The second-order valence-corrected chi connectivity index (χ2v) is 5.97. The fourth-order valence-electron chi connectivity index (χ4n) is 2.14. The van der Waals surface area contributed by atoms with Crippen LogP contribution in [0.15, 0.2) is 0 Å². The Kier molecular flexibility index (Phi) is 6.69. The fraction of sp³-hybridized carbons (Fsp3) is 1.00. The SMILES string of the molecule is CCSC1CCCCN(CC(O)CC)C1. The molecule has 1 fully saturated rings. The summed E-state index contributed by atoms with van der Waals surface area (Å²) in [5, 5.41) is 10.5. The first kappa shape index (κ1) is 13.3. The summed E-state index contributed by atoms with van der Waals surface area (Å²) in [7, 11) is 0. The zero-order valence-electron chi connectivity index (χ0n) is 10.1. The predicted molar refractivity (Wildman–Crippen MR) is 68.5 cm³/mol. The van der Waals surface area contributed by atoms with E-state index in [9.17, 15) is 5.11 Å². The number of aliphatic hydroxyl groups is 1. The molecule has 1 heterocycles. The molecule has 1 saturated heterocycles. The highest BCUT2D eigenvalue weighted by atomic mass is 32.2. The van der Waals surface area contributed by atoms with Gasteiger partial charge in [-0.3, -0.25) is 4.90 Å². The molecule has 2 unspecified atom stereocenters. The molecule has 3 heteroatoms. The number of aliphatic hydroxyl groups excluding tert-OH is 1. The number of rotatable bonds is 5. The third kappa shape index (κ3) is 5.23. The lowest BCUT2D eigenvalue weighted by atomic mass is 10.2. The molecule has 90 valence electrons. The van der Waals surface area contributed by atoms with Gasteiger partial charge in [-0.1, -0.05) is 20.3 Å². The largest absolute Gasteiger partial charge is 0.392 e. The van der Waals surface area contributed by atoms with Crippen molar-refractivity contribution in [2.24, 2.45) is 0 Å². The van der Waals surface area contributed by atoms with E-state index in [1.807, 2.05) is 0 Å². The molecule has 0 aromatic heterocycles. The lowest BCUT2D eigenvalue weighted by Crippen LogP contribution is -2.36. The van der Waals surface area contributed by atoms with Gasteiger partial charge in [-0.25, -0.2) is 0 Å². The van der Waals surface area contributed by atoms with Crippen molar-refractivity contribution < 1.29 is 5.11 Å². The summed E-state index contributed by atoms with van der Waals surface area (Å²) in [5.41, 5.74) is 0. The number of hydrogen-bond donors (Lipinski definition) is 1. The molecule has 0 aromatic rings. The molecule has 1 rings (SSSR count). The van der Waals surface area contributed by atoms with Gasteiger partial charge in [0.1, 0.15) is 0 Å². The van der Waals surface area contributed by atoms with Gasteiger partial charge in [0, 0.05) is 18.3 Å². The standard InChI is InChI=1S/C12H25NOS/c1-3-11(14)9-13-8-6-5-7-12(10-13)15-4-2/h11-12,14H,3-10H2,1-2H3. The number of likely N-dealkylation sites (tertiary alicyclic amines) is 1. The van der Waals surface area contributed by atoms with E-state index >= 15 is 0 Å². The smallest absolute Gasteiger partial charge is 0.0664 e. The molecule has 2 atom stereocenters. The van der Waals surface area contributed by atoms with Crippen LogP contribution in [0, 0.1) is 0 Å². The minimum Gasteiger partial charge on any atom is -0.392 e. The molecular formula is C12H25NOS. The van der Waals surface area contributed by atoms with Gasteiger partial charge in [0.25, 0.3) is 0 Å². The van der Waals surface area contributed by atoms with Crippen LogP contribution < -0.4 is 0 Å². The molecule has 1 aliphatic rings. The summed E-state index contributed by atoms with van der Waals surface area (Å²) >= 11 is 2.08. The van der Waals surface area contributed by atoms with Crippen LogP contribution in [-0.2, 0) is 0 Å². The van der Waals surface area contributed by atoms with Crippen LogP contribution in [0.4, 0.5) is 0 Å². The van der Waals surface area contributed by atoms with Gasteiger partial charge in [-0.05, 0) is 31.6 Å². The van der Waals surface area contributed by atoms with Gasteiger partial charge in [-0.2, -0.15) is 11.8 Å². The number of hydrogen-bond acceptors (Lipinski definition) is 3. The van der Waals surface area contributed by atoms with Gasteiger partial charge in [0.2, 0.25) is 0 Å². The third-order valence-electron chi connectivity index (χ3n) is 3.05. The van der Waals surface area contributed by atoms with E-state index in [1.54, 1.807) is 0 Å². The highest BCUT2D eigenvalue weighted by Crippen LogP contribution is 2.22. The summed E-state index contributed by atoms with van der Waals surface area (Å²) in [4.78, 5) is 2.45. The maximum absolute atomic E-state index is 9.67. The summed E-state index contributed by atoms with van der Waals surface area (Å²) in [6.07, 6.45) is 4.77. The Morgan fingerprint density at radius 1 is 1.40 bits per heavy atom. The van der Waals surface area contributed by atoms with Crippen molar-refractivity contribution in [3.8, 4) is 0 Å². The quantitative estimate of drug-likeness (QED) is 0.786. The van der Waals surface area contributed by atoms with Crippen molar-refractivity contribution in [1.29, 1.82) is 0 Å². The maximum atomic E-state index is 9.67. The van der Waals surface area contributed by atoms with E-state index in [0.29, 0.717) is 0 Å². The molecule has 1 aliphatic heterocycles. The Labute approximate surface area is 98.4 Å². The van der Waals surface area contributed by atoms with Crippen LogP contribution in [0.1, 0.15) is 39.5 Å². The highest BCUT2D eigenvalue weighted by molar-refractivity contribution is 7.99. The Balaban J connectivity index is 2.35. The molecule has 0 bridgehead atoms. The summed E-state index contributed by atoms with van der Waals surface area (Å²) in [6.45, 7) is 7.52. The third-order valence-corrected chi connectivity index (χ3v) is 4.24. The van der Waals surface area contributed by atoms with E-state index in [1.165, 1.54) is 38.1 Å². The molecule has 0 saturated carbocycles. The van der Waals surface area contributed by atoms with Crippen molar-refractivity contribution in [2.75, 3.05) is 25.4 Å². The van der Waals surface area contributed by atoms with Crippen molar-refractivity contribution >= 4 is 11.8 Å². The topological polar surface area (TPSA) is 23.5 Å². The van der Waals surface area contributed by atoms with Crippen LogP contribution >= 0.6 is 11.8 Å². The number of nitrogens with zero attached hydrogens (tertiary/aromatic N) is 1. The first-order valence-corrected chi connectivity index (χ1v) is 7.33. The summed E-state index contributed by atoms with van der Waals surface area (Å²) < 4.78 is 0. The van der Waals surface area contributed by atoms with E-state index in [0.717, 1.165) is 18.2 Å². The molecule has 0 radical (unpaired) electrons. The second kappa shape index (κ2) is 7.53. The van der Waals surface area contributed by atoms with E-state index < -0.39 is 0 Å². The van der Waals surface area contributed by atoms with Crippen molar-refractivity contribution in [3.63, 3.8) is 0 Å². The van der Waals surface area contributed by atoms with Crippen molar-refractivity contribution in [3.05, 3.63) is 0 Å². The van der Waals surface area contributed by atoms with E-state index in [2.05, 4.69) is 30.5 Å². The molecule has 0 amide bonds. The fourth-order valence-corrected chi connectivity index (χ4v) is 3.26. The van der Waals surface area contributed by atoms with Crippen LogP contribution in [0.25, 0.3) is 0 Å². The Hall–Kier alpha value is 0.270. The second-order valence-electron chi connectivity index (χ2n) is 4.39. The highest BCUT2D eigenvalue weighted by Gasteiger charge is 2.19. The molecule has 15 heavy (non-hydrogen) atoms. The average Bonchev–Trinajstić information content (AvgIpc) is 2.44. The zero-order valence-corrected chi connectivity index (χ0v) is 10.9. The van der Waals surface area contributed by atoms with Crippen molar-refractivity contribution in [1.82, 2.24) is 4.90 Å². The maximum Gasteiger partial charge on any atom is 0.0664 e. The molecule has 2 nitrogen and oxygen atoms in total. The van der Waals surface area contributed by atoms with Crippen LogP contribution in [0.5, 0.6) is 0 Å². The van der Waals surface area contributed by atoms with E-state index in [-0.39, 0.29) is 6.10 Å². The van der Waals surface area contributed by atoms with Gasteiger partial charge in [0.15, 0.2) is 0 Å². The summed E-state index contributed by atoms with van der Waals surface area (Å²) in [6, 6.07) is 0. The molecule has 0 spiro atoms. The minimum absolute atomic E-state index is 0.129. The van der Waals surface area contributed by atoms with Gasteiger partial charge >= 0.3 is 0 Å². The minimum atomic E-state index is -0.129. The molecule has 0 aromatic carbocycles. The predicted octanol–water partition coefficient (Wildman–Crippen LogP) is 2.36. The van der Waals surface area contributed by atoms with E-state index in [4.69, 9.17) is 0 Å². The summed E-state index contributed by atoms with van der Waals surface area (Å²) in [5.74, 6) is 1.22. The monoisotopic (exact) mass is 231 g/mol. The first-order chi connectivity index (χ1) is 7.26. The lowest BCUT2D eigenvalue weighted by molar-refractivity contribution is 0.112. The molecular weight excluding hydrogens is 206 g/mol. The average molecular weight is 231 g/mol. The molecule has 1 N–H and O–H groups in total. The van der Waals surface area contributed by atoms with Gasteiger partial charge in [0.05, 0.1) is 6.10 Å². The Morgan fingerprint density at radius 2 is 2.20 bits per heavy atom. The first-order valence-electron chi connectivity index (χ1n) is 6.28. The normalized spacial score (nSPS) is 26.2. The number of β-amino-alcohol motifs (C(OH)–C–C–N with tert-alkyl or cyclic N) is 1. The Morgan fingerprint density at radius 3 is 2.87 bits per heavy atom. The number of thioether (sulfide) groups is 1.